The molecule has 1 aromatic rings. The lowest BCUT2D eigenvalue weighted by molar-refractivity contribution is 0.0547. The Morgan fingerprint density at radius 2 is 2.00 bits per heavy atom. The molecule has 1 rings (SSSR count). The smallest absolute Gasteiger partial charge is 0.161 e. The van der Waals surface area contributed by atoms with Crippen LogP contribution in [0.25, 0.3) is 0 Å². The van der Waals surface area contributed by atoms with Crippen molar-refractivity contribution in [2.75, 3.05) is 20.3 Å². The van der Waals surface area contributed by atoms with Gasteiger partial charge in [-0.1, -0.05) is 5.16 Å². The maximum absolute atomic E-state index is 8.75. The van der Waals surface area contributed by atoms with Crippen LogP contribution in [0.15, 0.2) is 23.4 Å². The minimum Gasteiger partial charge on any atom is -0.493 e. The van der Waals surface area contributed by atoms with Crippen LogP contribution in [0.1, 0.15) is 26.3 Å². The molecule has 0 aliphatic heterocycles. The Morgan fingerprint density at radius 3 is 2.58 bits per heavy atom. The van der Waals surface area contributed by atoms with Crippen LogP contribution in [0.4, 0.5) is 0 Å². The number of oxime groups is 1. The molecular formula is C14H21NO4. The third-order valence-electron chi connectivity index (χ3n) is 2.52. The minimum atomic E-state index is 0.191. The van der Waals surface area contributed by atoms with Crippen molar-refractivity contribution < 1.29 is 19.4 Å². The molecule has 0 aliphatic carbocycles. The summed E-state index contributed by atoms with van der Waals surface area (Å²) in [7, 11) is 1.57. The minimum absolute atomic E-state index is 0.191. The second kappa shape index (κ2) is 7.63. The van der Waals surface area contributed by atoms with Crippen molar-refractivity contribution in [3.63, 3.8) is 0 Å². The molecule has 0 saturated carbocycles. The highest BCUT2D eigenvalue weighted by Crippen LogP contribution is 2.28. The van der Waals surface area contributed by atoms with E-state index in [0.29, 0.717) is 30.4 Å². The van der Waals surface area contributed by atoms with Gasteiger partial charge in [0.05, 0.1) is 25.5 Å². The summed E-state index contributed by atoms with van der Waals surface area (Å²) in [6.07, 6.45) is 0.191. The van der Waals surface area contributed by atoms with E-state index in [4.69, 9.17) is 19.4 Å². The number of nitrogens with zero attached hydrogens (tertiary/aromatic N) is 1. The predicted molar refractivity (Wildman–Crippen MR) is 73.6 cm³/mol. The molecule has 0 saturated heterocycles. The van der Waals surface area contributed by atoms with Crippen LogP contribution < -0.4 is 9.47 Å². The summed E-state index contributed by atoms with van der Waals surface area (Å²) < 4.78 is 16.2. The first kappa shape index (κ1) is 15.3. The molecule has 0 aliphatic rings. The Morgan fingerprint density at radius 1 is 1.26 bits per heavy atom. The van der Waals surface area contributed by atoms with Gasteiger partial charge in [0.15, 0.2) is 11.5 Å². The Hall–Kier alpha value is -1.75. The van der Waals surface area contributed by atoms with Gasteiger partial charge in [-0.3, -0.25) is 0 Å². The Labute approximate surface area is 113 Å². The fraction of sp³-hybridized carbons (Fsp3) is 0.500. The first-order valence-electron chi connectivity index (χ1n) is 6.20. The standard InChI is InChI=1S/C14H21NO4/c1-10(2)18-7-8-19-13-6-5-12(11(3)15-16)9-14(13)17-4/h5-6,9-10,16H,7-8H2,1-4H3/b15-11+. The molecule has 0 amide bonds. The number of hydrogen-bond acceptors (Lipinski definition) is 5. The van der Waals surface area contributed by atoms with E-state index in [0.717, 1.165) is 5.56 Å². The number of hydrogen-bond donors (Lipinski definition) is 1. The molecule has 0 unspecified atom stereocenters. The molecule has 0 radical (unpaired) electrons. The first-order valence-corrected chi connectivity index (χ1v) is 6.20. The molecule has 1 aromatic carbocycles. The van der Waals surface area contributed by atoms with E-state index in [1.807, 2.05) is 19.9 Å². The van der Waals surface area contributed by atoms with Crippen molar-refractivity contribution in [2.24, 2.45) is 5.16 Å². The van der Waals surface area contributed by atoms with Gasteiger partial charge in [0.2, 0.25) is 0 Å². The molecule has 1 N–H and O–H groups in total. The monoisotopic (exact) mass is 267 g/mol. The highest BCUT2D eigenvalue weighted by Gasteiger charge is 2.08. The molecule has 0 bridgehead atoms. The van der Waals surface area contributed by atoms with Crippen LogP contribution in [0, 0.1) is 0 Å². The summed E-state index contributed by atoms with van der Waals surface area (Å²) in [6, 6.07) is 5.38. The van der Waals surface area contributed by atoms with E-state index >= 15 is 0 Å². The summed E-state index contributed by atoms with van der Waals surface area (Å²) in [6.45, 7) is 6.66. The van der Waals surface area contributed by atoms with Crippen molar-refractivity contribution in [3.8, 4) is 11.5 Å². The van der Waals surface area contributed by atoms with Crippen molar-refractivity contribution >= 4 is 5.71 Å². The van der Waals surface area contributed by atoms with E-state index in [-0.39, 0.29) is 6.10 Å². The van der Waals surface area contributed by atoms with Crippen molar-refractivity contribution in [3.05, 3.63) is 23.8 Å². The van der Waals surface area contributed by atoms with E-state index in [1.165, 1.54) is 0 Å². The van der Waals surface area contributed by atoms with Gasteiger partial charge in [0.1, 0.15) is 6.61 Å². The zero-order valence-electron chi connectivity index (χ0n) is 11.8. The predicted octanol–water partition coefficient (Wildman–Crippen LogP) is 2.70. The second-order valence-corrected chi connectivity index (χ2v) is 4.32. The van der Waals surface area contributed by atoms with Gasteiger partial charge in [-0.05, 0) is 39.0 Å². The van der Waals surface area contributed by atoms with Gasteiger partial charge in [0, 0.05) is 5.56 Å². The summed E-state index contributed by atoms with van der Waals surface area (Å²) >= 11 is 0. The zero-order valence-corrected chi connectivity index (χ0v) is 11.8. The van der Waals surface area contributed by atoms with E-state index in [9.17, 15) is 0 Å². The Bertz CT molecular complexity index is 429. The van der Waals surface area contributed by atoms with Crippen LogP contribution >= 0.6 is 0 Å². The molecule has 19 heavy (non-hydrogen) atoms. The largest absolute Gasteiger partial charge is 0.493 e. The third-order valence-corrected chi connectivity index (χ3v) is 2.52. The Kier molecular flexibility index (Phi) is 6.15. The average Bonchev–Trinajstić information content (AvgIpc) is 2.42. The molecule has 0 heterocycles. The number of ether oxygens (including phenoxy) is 3. The highest BCUT2D eigenvalue weighted by molar-refractivity contribution is 5.98. The van der Waals surface area contributed by atoms with Gasteiger partial charge in [-0.2, -0.15) is 0 Å². The van der Waals surface area contributed by atoms with Crippen LogP contribution in [0.2, 0.25) is 0 Å². The van der Waals surface area contributed by atoms with E-state index in [1.54, 1.807) is 26.2 Å². The topological polar surface area (TPSA) is 60.3 Å². The van der Waals surface area contributed by atoms with Crippen LogP contribution in [-0.2, 0) is 4.74 Å². The van der Waals surface area contributed by atoms with Gasteiger partial charge < -0.3 is 19.4 Å². The normalized spacial score (nSPS) is 11.7. The zero-order chi connectivity index (χ0) is 14.3. The molecule has 106 valence electrons. The fourth-order valence-electron chi connectivity index (χ4n) is 1.51. The summed E-state index contributed by atoms with van der Waals surface area (Å²) in [5.41, 5.74) is 1.30. The quantitative estimate of drug-likeness (QED) is 0.357. The van der Waals surface area contributed by atoms with E-state index in [2.05, 4.69) is 5.16 Å². The molecule has 0 aromatic heterocycles. The lowest BCUT2D eigenvalue weighted by Crippen LogP contribution is -2.11. The third kappa shape index (κ3) is 4.79. The van der Waals surface area contributed by atoms with Crippen molar-refractivity contribution in [1.82, 2.24) is 0 Å². The molecule has 5 heteroatoms. The lowest BCUT2D eigenvalue weighted by atomic mass is 10.1. The van der Waals surface area contributed by atoms with Crippen molar-refractivity contribution in [1.29, 1.82) is 0 Å². The molecule has 0 fully saturated rings. The van der Waals surface area contributed by atoms with Crippen LogP contribution in [0.3, 0.4) is 0 Å². The van der Waals surface area contributed by atoms with Crippen LogP contribution in [0.5, 0.6) is 11.5 Å². The maximum Gasteiger partial charge on any atom is 0.161 e. The number of methoxy groups -OCH3 is 1. The molecular weight excluding hydrogens is 246 g/mol. The first-order chi connectivity index (χ1) is 9.08. The summed E-state index contributed by atoms with van der Waals surface area (Å²) in [4.78, 5) is 0. The molecule has 0 atom stereocenters. The summed E-state index contributed by atoms with van der Waals surface area (Å²) in [5, 5.41) is 11.9. The lowest BCUT2D eigenvalue weighted by Gasteiger charge is -2.13. The highest BCUT2D eigenvalue weighted by atomic mass is 16.5. The van der Waals surface area contributed by atoms with Gasteiger partial charge in [0.25, 0.3) is 0 Å². The van der Waals surface area contributed by atoms with Crippen LogP contribution in [-0.4, -0.2) is 37.3 Å². The van der Waals surface area contributed by atoms with Gasteiger partial charge in [-0.15, -0.1) is 0 Å². The number of rotatable bonds is 7. The maximum atomic E-state index is 8.75. The molecule has 5 nitrogen and oxygen atoms in total. The number of benzene rings is 1. The van der Waals surface area contributed by atoms with Gasteiger partial charge in [-0.25, -0.2) is 0 Å². The second-order valence-electron chi connectivity index (χ2n) is 4.32. The fourth-order valence-corrected chi connectivity index (χ4v) is 1.51. The van der Waals surface area contributed by atoms with Gasteiger partial charge >= 0.3 is 0 Å². The van der Waals surface area contributed by atoms with Crippen molar-refractivity contribution in [2.45, 2.75) is 26.9 Å². The van der Waals surface area contributed by atoms with E-state index < -0.39 is 0 Å². The molecule has 0 spiro atoms. The summed E-state index contributed by atoms with van der Waals surface area (Å²) in [5.74, 6) is 1.24. The average molecular weight is 267 g/mol. The SMILES string of the molecule is COc1cc(/C(C)=N/O)ccc1OCCOC(C)C. The Balaban J connectivity index is 2.68.